The van der Waals surface area contributed by atoms with Crippen molar-refractivity contribution in [2.45, 2.75) is 25.9 Å². The third-order valence-corrected chi connectivity index (χ3v) is 5.21. The van der Waals surface area contributed by atoms with Crippen LogP contribution in [0.5, 0.6) is 0 Å². The van der Waals surface area contributed by atoms with Gasteiger partial charge in [-0.05, 0) is 37.6 Å². The summed E-state index contributed by atoms with van der Waals surface area (Å²) in [5.74, 6) is -1.45. The molecular weight excluding hydrogens is 449 g/mol. The molecule has 178 valence electrons. The number of carbonyl (C=O) groups excluding carboxylic acids is 1. The fourth-order valence-electron chi connectivity index (χ4n) is 3.62. The highest BCUT2D eigenvalue weighted by Crippen LogP contribution is 2.41. The molecule has 1 aliphatic rings. The minimum absolute atomic E-state index is 0.00298. The summed E-state index contributed by atoms with van der Waals surface area (Å²) in [6.45, 7) is 3.27. The molecule has 10 heteroatoms. The van der Waals surface area contributed by atoms with Gasteiger partial charge in [0.2, 0.25) is 5.88 Å². The molecule has 0 fully saturated rings. The Morgan fingerprint density at radius 2 is 2.00 bits per heavy atom. The Balaban J connectivity index is 2.20. The lowest BCUT2D eigenvalue weighted by atomic mass is 9.82. The largest absolute Gasteiger partial charge is 0.463 e. The monoisotopic (exact) mass is 472 g/mol. The van der Waals surface area contributed by atoms with Gasteiger partial charge in [0.05, 0.1) is 29.4 Å². The Morgan fingerprint density at radius 3 is 2.59 bits per heavy atom. The Labute approximate surface area is 194 Å². The van der Waals surface area contributed by atoms with E-state index >= 15 is 0 Å². The maximum absolute atomic E-state index is 13.5. The molecule has 2 aromatic rings. The molecule has 0 spiro atoms. The molecule has 0 radical (unpaired) electrons. The first kappa shape index (κ1) is 24.6. The maximum atomic E-state index is 13.5. The Hall–Kier alpha value is -4.00. The molecule has 7 nitrogen and oxygen atoms in total. The van der Waals surface area contributed by atoms with Crippen LogP contribution in [0, 0.1) is 11.3 Å². The number of anilines is 1. The first-order valence-corrected chi connectivity index (χ1v) is 10.3. The predicted octanol–water partition coefficient (Wildman–Crippen LogP) is 4.48. The first-order valence-electron chi connectivity index (χ1n) is 10.3. The van der Waals surface area contributed by atoms with E-state index in [0.717, 1.165) is 12.1 Å². The summed E-state index contributed by atoms with van der Waals surface area (Å²) in [4.78, 5) is 18.5. The van der Waals surface area contributed by atoms with E-state index in [0.29, 0.717) is 11.1 Å². The molecule has 34 heavy (non-hydrogen) atoms. The van der Waals surface area contributed by atoms with E-state index in [9.17, 15) is 23.2 Å². The van der Waals surface area contributed by atoms with Crippen molar-refractivity contribution >= 4 is 11.8 Å². The highest BCUT2D eigenvalue weighted by molar-refractivity contribution is 5.92. The number of nitriles is 1. The molecular formula is C24H23F3N4O3. The second kappa shape index (κ2) is 9.47. The smallest absolute Gasteiger partial charge is 0.416 e. The normalized spacial score (nSPS) is 16.1. The second-order valence-corrected chi connectivity index (χ2v) is 7.73. The van der Waals surface area contributed by atoms with Crippen LogP contribution >= 0.6 is 0 Å². The number of carbonyl (C=O) groups is 1. The lowest BCUT2D eigenvalue weighted by Crippen LogP contribution is -2.25. The van der Waals surface area contributed by atoms with Crippen LogP contribution in [-0.4, -0.2) is 31.7 Å². The third kappa shape index (κ3) is 4.83. The molecule has 0 bridgehead atoms. The van der Waals surface area contributed by atoms with E-state index in [1.165, 1.54) is 11.8 Å². The van der Waals surface area contributed by atoms with Gasteiger partial charge in [0.1, 0.15) is 23.2 Å². The number of halogens is 3. The summed E-state index contributed by atoms with van der Waals surface area (Å²) in [6.07, 6.45) is -4.57. The molecule has 1 atom stereocenters. The van der Waals surface area contributed by atoms with Crippen molar-refractivity contribution in [2.24, 2.45) is 5.73 Å². The number of nitrogens with two attached hydrogens (primary N) is 1. The Kier molecular flexibility index (Phi) is 6.86. The highest BCUT2D eigenvalue weighted by atomic mass is 19.4. The van der Waals surface area contributed by atoms with Gasteiger partial charge in [0.25, 0.3) is 0 Å². The number of ether oxygens (including phenoxy) is 2. The van der Waals surface area contributed by atoms with Gasteiger partial charge in [0, 0.05) is 19.7 Å². The van der Waals surface area contributed by atoms with Crippen LogP contribution in [-0.2, 0) is 20.4 Å². The number of rotatable bonds is 5. The number of pyridine rings is 1. The van der Waals surface area contributed by atoms with E-state index < -0.39 is 23.6 Å². The molecule has 1 aromatic carbocycles. The standard InChI is InChI=1S/C24H23F3N4O3/c1-5-33-23(32)20-13(2)34-22(29)17(12-28)21(20)15-8-6-7-14(9-15)18-10-16(24(25,26)27)11-19(30-18)31(3)4/h6-11,21H,5,29H2,1-4H3. The fraction of sp³-hybridized carbons (Fsp3) is 0.292. The van der Waals surface area contributed by atoms with E-state index in [1.807, 2.05) is 6.07 Å². The molecule has 0 amide bonds. The van der Waals surface area contributed by atoms with Gasteiger partial charge in [-0.1, -0.05) is 18.2 Å². The summed E-state index contributed by atoms with van der Waals surface area (Å²) >= 11 is 0. The lowest BCUT2D eigenvalue weighted by Gasteiger charge is -2.27. The van der Waals surface area contributed by atoms with E-state index in [-0.39, 0.29) is 40.9 Å². The van der Waals surface area contributed by atoms with Crippen LogP contribution in [0.2, 0.25) is 0 Å². The average Bonchev–Trinajstić information content (AvgIpc) is 2.77. The highest BCUT2D eigenvalue weighted by Gasteiger charge is 2.37. The predicted molar refractivity (Wildman–Crippen MR) is 119 cm³/mol. The molecule has 2 heterocycles. The van der Waals surface area contributed by atoms with E-state index in [4.69, 9.17) is 15.2 Å². The average molecular weight is 472 g/mol. The zero-order valence-corrected chi connectivity index (χ0v) is 19.0. The van der Waals surface area contributed by atoms with Gasteiger partial charge in [-0.2, -0.15) is 18.4 Å². The zero-order valence-electron chi connectivity index (χ0n) is 19.0. The Bertz CT molecular complexity index is 1230. The first-order chi connectivity index (χ1) is 16.0. The molecule has 3 rings (SSSR count). The van der Waals surface area contributed by atoms with Gasteiger partial charge in [0.15, 0.2) is 0 Å². The van der Waals surface area contributed by atoms with Crippen LogP contribution in [0.25, 0.3) is 11.3 Å². The summed E-state index contributed by atoms with van der Waals surface area (Å²) in [7, 11) is 3.19. The number of hydrogen-bond acceptors (Lipinski definition) is 7. The number of aromatic nitrogens is 1. The van der Waals surface area contributed by atoms with Crippen LogP contribution in [0.4, 0.5) is 19.0 Å². The lowest BCUT2D eigenvalue weighted by molar-refractivity contribution is -0.139. The number of allylic oxidation sites excluding steroid dienone is 2. The molecule has 0 saturated heterocycles. The molecule has 0 aliphatic carbocycles. The summed E-state index contributed by atoms with van der Waals surface area (Å²) < 4.78 is 51.1. The van der Waals surface area contributed by atoms with Gasteiger partial charge in [-0.3, -0.25) is 0 Å². The van der Waals surface area contributed by atoms with Crippen molar-refractivity contribution in [2.75, 3.05) is 25.6 Å². The van der Waals surface area contributed by atoms with Gasteiger partial charge in [-0.15, -0.1) is 0 Å². The number of hydrogen-bond donors (Lipinski definition) is 1. The molecule has 1 aromatic heterocycles. The van der Waals surface area contributed by atoms with Gasteiger partial charge in [-0.25, -0.2) is 9.78 Å². The van der Waals surface area contributed by atoms with Crippen molar-refractivity contribution in [1.82, 2.24) is 4.98 Å². The minimum Gasteiger partial charge on any atom is -0.463 e. The molecule has 2 N–H and O–H groups in total. The number of esters is 1. The van der Waals surface area contributed by atoms with Crippen molar-refractivity contribution in [1.29, 1.82) is 5.26 Å². The second-order valence-electron chi connectivity index (χ2n) is 7.73. The quantitative estimate of drug-likeness (QED) is 0.641. The maximum Gasteiger partial charge on any atom is 0.416 e. The van der Waals surface area contributed by atoms with Gasteiger partial charge < -0.3 is 20.1 Å². The topological polar surface area (TPSA) is 101 Å². The SMILES string of the molecule is CCOC(=O)C1=C(C)OC(N)=C(C#N)C1c1cccc(-c2cc(C(F)(F)F)cc(N(C)C)n2)c1. The van der Waals surface area contributed by atoms with Crippen LogP contribution in [0.1, 0.15) is 30.9 Å². The van der Waals surface area contributed by atoms with Gasteiger partial charge >= 0.3 is 12.1 Å². The van der Waals surface area contributed by atoms with E-state index in [2.05, 4.69) is 4.98 Å². The summed E-state index contributed by atoms with van der Waals surface area (Å²) in [5.41, 5.74) is 6.07. The van der Waals surface area contributed by atoms with Crippen LogP contribution in [0.15, 0.2) is 59.2 Å². The molecule has 1 aliphatic heterocycles. The third-order valence-electron chi connectivity index (χ3n) is 5.21. The zero-order chi connectivity index (χ0) is 25.2. The number of benzene rings is 1. The fourth-order valence-corrected chi connectivity index (χ4v) is 3.62. The molecule has 0 saturated carbocycles. The Morgan fingerprint density at radius 1 is 1.29 bits per heavy atom. The number of alkyl halides is 3. The van der Waals surface area contributed by atoms with E-state index in [1.54, 1.807) is 45.3 Å². The summed E-state index contributed by atoms with van der Waals surface area (Å²) in [5, 5.41) is 9.73. The number of nitrogens with zero attached hydrogens (tertiary/aromatic N) is 3. The van der Waals surface area contributed by atoms with Crippen molar-refractivity contribution in [3.05, 3.63) is 70.3 Å². The van der Waals surface area contributed by atoms with Crippen molar-refractivity contribution < 1.29 is 27.4 Å². The van der Waals surface area contributed by atoms with Crippen LogP contribution < -0.4 is 10.6 Å². The van der Waals surface area contributed by atoms with Crippen molar-refractivity contribution in [3.63, 3.8) is 0 Å². The van der Waals surface area contributed by atoms with Crippen molar-refractivity contribution in [3.8, 4) is 17.3 Å². The minimum atomic E-state index is -4.57. The van der Waals surface area contributed by atoms with Crippen LogP contribution in [0.3, 0.4) is 0 Å². The molecule has 1 unspecified atom stereocenters. The summed E-state index contributed by atoms with van der Waals surface area (Å²) in [6, 6.07) is 10.3.